The Morgan fingerprint density at radius 1 is 1.32 bits per heavy atom. The smallest absolute Gasteiger partial charge is 0.315 e. The van der Waals surface area contributed by atoms with Crippen molar-refractivity contribution < 1.29 is 9.59 Å². The maximum absolute atomic E-state index is 11.8. The first kappa shape index (κ1) is 15.8. The predicted molar refractivity (Wildman–Crippen MR) is 74.7 cm³/mol. The molecule has 1 aliphatic rings. The normalized spacial score (nSPS) is 17.6. The third kappa shape index (κ3) is 5.46. The molecule has 0 aromatic heterocycles. The van der Waals surface area contributed by atoms with Gasteiger partial charge < -0.3 is 21.3 Å². The van der Waals surface area contributed by atoms with Gasteiger partial charge in [0.25, 0.3) is 0 Å². The molecule has 110 valence electrons. The van der Waals surface area contributed by atoms with Gasteiger partial charge in [-0.2, -0.15) is 0 Å². The van der Waals surface area contributed by atoms with E-state index in [2.05, 4.69) is 10.6 Å². The standard InChI is InChI=1S/C13H26N4O2/c1-10(8-14)17(2)12(18)9-15-13(19)16-11-6-4-3-5-7-11/h10-11H,3-9,14H2,1-2H3,(H2,15,16,19). The van der Waals surface area contributed by atoms with Gasteiger partial charge in [0.15, 0.2) is 0 Å². The van der Waals surface area contributed by atoms with E-state index in [9.17, 15) is 9.59 Å². The van der Waals surface area contributed by atoms with Crippen LogP contribution in [0.5, 0.6) is 0 Å². The van der Waals surface area contributed by atoms with Gasteiger partial charge >= 0.3 is 6.03 Å². The second-order valence-electron chi connectivity index (χ2n) is 5.25. The molecule has 1 fully saturated rings. The minimum Gasteiger partial charge on any atom is -0.340 e. The summed E-state index contributed by atoms with van der Waals surface area (Å²) in [5, 5.41) is 5.52. The number of nitrogens with two attached hydrogens (primary N) is 1. The van der Waals surface area contributed by atoms with E-state index in [1.54, 1.807) is 11.9 Å². The number of carbonyl (C=O) groups excluding carboxylic acids is 2. The first-order valence-corrected chi connectivity index (χ1v) is 7.04. The Kier molecular flexibility index (Phi) is 6.62. The predicted octanol–water partition coefficient (Wildman–Crippen LogP) is 0.424. The van der Waals surface area contributed by atoms with Crippen molar-refractivity contribution >= 4 is 11.9 Å². The van der Waals surface area contributed by atoms with E-state index in [4.69, 9.17) is 5.73 Å². The molecule has 0 saturated heterocycles. The van der Waals surface area contributed by atoms with Gasteiger partial charge in [-0.15, -0.1) is 0 Å². The summed E-state index contributed by atoms with van der Waals surface area (Å²) in [5.41, 5.74) is 5.50. The van der Waals surface area contributed by atoms with Gasteiger partial charge in [-0.1, -0.05) is 19.3 Å². The van der Waals surface area contributed by atoms with Gasteiger partial charge in [-0.25, -0.2) is 4.79 Å². The molecular formula is C13H26N4O2. The van der Waals surface area contributed by atoms with Crippen molar-refractivity contribution in [1.29, 1.82) is 0 Å². The third-order valence-corrected chi connectivity index (χ3v) is 3.74. The highest BCUT2D eigenvalue weighted by atomic mass is 16.2. The lowest BCUT2D eigenvalue weighted by atomic mass is 9.96. The summed E-state index contributed by atoms with van der Waals surface area (Å²) >= 11 is 0. The van der Waals surface area contributed by atoms with Crippen molar-refractivity contribution in [2.45, 2.75) is 51.1 Å². The number of amides is 3. The van der Waals surface area contributed by atoms with E-state index < -0.39 is 0 Å². The summed E-state index contributed by atoms with van der Waals surface area (Å²) in [5.74, 6) is -0.128. The molecule has 1 aliphatic carbocycles. The minimum absolute atomic E-state index is 0.0133. The Balaban J connectivity index is 2.23. The molecule has 0 bridgehead atoms. The maximum Gasteiger partial charge on any atom is 0.315 e. The highest BCUT2D eigenvalue weighted by Crippen LogP contribution is 2.16. The average molecular weight is 270 g/mol. The third-order valence-electron chi connectivity index (χ3n) is 3.74. The highest BCUT2D eigenvalue weighted by molar-refractivity contribution is 5.84. The molecule has 1 unspecified atom stereocenters. The van der Waals surface area contributed by atoms with Crippen LogP contribution in [0.1, 0.15) is 39.0 Å². The van der Waals surface area contributed by atoms with Crippen molar-refractivity contribution in [3.8, 4) is 0 Å². The first-order chi connectivity index (χ1) is 9.04. The van der Waals surface area contributed by atoms with Crippen LogP contribution < -0.4 is 16.4 Å². The number of carbonyl (C=O) groups is 2. The fraction of sp³-hybridized carbons (Fsp3) is 0.846. The van der Waals surface area contributed by atoms with E-state index in [0.717, 1.165) is 12.8 Å². The van der Waals surface area contributed by atoms with Gasteiger partial charge in [0.1, 0.15) is 0 Å². The van der Waals surface area contributed by atoms with Crippen LogP contribution in [0, 0.1) is 0 Å². The number of urea groups is 1. The summed E-state index contributed by atoms with van der Waals surface area (Å²) in [6, 6.07) is -0.0192. The van der Waals surface area contributed by atoms with Crippen LogP contribution in [0.15, 0.2) is 0 Å². The molecule has 6 heteroatoms. The zero-order valence-corrected chi connectivity index (χ0v) is 11.9. The number of hydrogen-bond acceptors (Lipinski definition) is 3. The SMILES string of the molecule is CC(CN)N(C)C(=O)CNC(=O)NC1CCCCC1. The molecule has 0 aromatic rings. The van der Waals surface area contributed by atoms with Crippen molar-refractivity contribution in [3.63, 3.8) is 0 Å². The summed E-state index contributed by atoms with van der Waals surface area (Å²) in [4.78, 5) is 25.0. The molecule has 0 aromatic carbocycles. The zero-order valence-electron chi connectivity index (χ0n) is 11.9. The molecule has 0 spiro atoms. The molecule has 6 nitrogen and oxygen atoms in total. The van der Waals surface area contributed by atoms with Crippen LogP contribution in [-0.4, -0.2) is 49.1 Å². The van der Waals surface area contributed by atoms with Gasteiger partial charge in [0.2, 0.25) is 5.91 Å². The molecule has 0 radical (unpaired) electrons. The number of nitrogens with zero attached hydrogens (tertiary/aromatic N) is 1. The molecule has 3 amide bonds. The molecule has 19 heavy (non-hydrogen) atoms. The summed E-state index contributed by atoms with van der Waals surface area (Å²) in [6.45, 7) is 2.30. The van der Waals surface area contributed by atoms with Crippen LogP contribution in [-0.2, 0) is 4.79 Å². The molecule has 0 heterocycles. The Labute approximate surface area is 115 Å². The molecule has 4 N–H and O–H groups in total. The molecule has 0 aliphatic heterocycles. The number of nitrogens with one attached hydrogen (secondary N) is 2. The Bertz CT molecular complexity index is 303. The second kappa shape index (κ2) is 7.99. The van der Waals surface area contributed by atoms with Gasteiger partial charge in [-0.05, 0) is 19.8 Å². The fourth-order valence-corrected chi connectivity index (χ4v) is 2.17. The van der Waals surface area contributed by atoms with Crippen LogP contribution >= 0.6 is 0 Å². The second-order valence-corrected chi connectivity index (χ2v) is 5.25. The van der Waals surface area contributed by atoms with E-state index >= 15 is 0 Å². The van der Waals surface area contributed by atoms with Crippen LogP contribution in [0.4, 0.5) is 4.79 Å². The van der Waals surface area contributed by atoms with Gasteiger partial charge in [0, 0.05) is 25.7 Å². The minimum atomic E-state index is -0.256. The topological polar surface area (TPSA) is 87.5 Å². The zero-order chi connectivity index (χ0) is 14.3. The molecule has 1 atom stereocenters. The van der Waals surface area contributed by atoms with Crippen molar-refractivity contribution in [2.75, 3.05) is 20.1 Å². The summed E-state index contributed by atoms with van der Waals surface area (Å²) in [7, 11) is 1.70. The lowest BCUT2D eigenvalue weighted by molar-refractivity contribution is -0.130. The lowest BCUT2D eigenvalue weighted by Crippen LogP contribution is -2.48. The van der Waals surface area contributed by atoms with Gasteiger partial charge in [-0.3, -0.25) is 4.79 Å². The number of rotatable bonds is 5. The van der Waals surface area contributed by atoms with Crippen molar-refractivity contribution in [1.82, 2.24) is 15.5 Å². The fourth-order valence-electron chi connectivity index (χ4n) is 2.17. The highest BCUT2D eigenvalue weighted by Gasteiger charge is 2.18. The maximum atomic E-state index is 11.8. The van der Waals surface area contributed by atoms with E-state index in [1.807, 2.05) is 6.92 Å². The van der Waals surface area contributed by atoms with Crippen molar-refractivity contribution in [3.05, 3.63) is 0 Å². The number of hydrogen-bond donors (Lipinski definition) is 3. The monoisotopic (exact) mass is 270 g/mol. The van der Waals surface area contributed by atoms with Crippen LogP contribution in [0.2, 0.25) is 0 Å². The Hall–Kier alpha value is -1.30. The Morgan fingerprint density at radius 2 is 1.95 bits per heavy atom. The van der Waals surface area contributed by atoms with E-state index in [0.29, 0.717) is 6.54 Å². The lowest BCUT2D eigenvalue weighted by Gasteiger charge is -2.25. The summed E-state index contributed by atoms with van der Waals surface area (Å²) in [6.07, 6.45) is 5.65. The van der Waals surface area contributed by atoms with Crippen molar-refractivity contribution in [2.24, 2.45) is 5.73 Å². The first-order valence-electron chi connectivity index (χ1n) is 7.04. The van der Waals surface area contributed by atoms with Crippen LogP contribution in [0.3, 0.4) is 0 Å². The quantitative estimate of drug-likeness (QED) is 0.677. The Morgan fingerprint density at radius 3 is 2.53 bits per heavy atom. The number of likely N-dealkylation sites (N-methyl/N-ethyl adjacent to an activating group) is 1. The summed E-state index contributed by atoms with van der Waals surface area (Å²) < 4.78 is 0. The average Bonchev–Trinajstić information content (AvgIpc) is 2.44. The molecular weight excluding hydrogens is 244 g/mol. The molecule has 1 rings (SSSR count). The molecule has 1 saturated carbocycles. The van der Waals surface area contributed by atoms with Gasteiger partial charge in [0.05, 0.1) is 6.54 Å². The van der Waals surface area contributed by atoms with E-state index in [-0.39, 0.29) is 30.6 Å². The largest absolute Gasteiger partial charge is 0.340 e. The van der Waals surface area contributed by atoms with Crippen LogP contribution in [0.25, 0.3) is 0 Å². The van der Waals surface area contributed by atoms with E-state index in [1.165, 1.54) is 19.3 Å².